The Bertz CT molecular complexity index is 404. The summed E-state index contributed by atoms with van der Waals surface area (Å²) in [5, 5.41) is 25.9. The van der Waals surface area contributed by atoms with Crippen molar-refractivity contribution < 1.29 is 10.2 Å². The van der Waals surface area contributed by atoms with E-state index >= 15 is 0 Å². The molecule has 6 nitrogen and oxygen atoms in total. The topological polar surface area (TPSA) is 101 Å². The lowest BCUT2D eigenvalue weighted by atomic mass is 9.98. The SMILES string of the molecule is CNCc1ccccc1C(O)C(O)CN=[N+]=[N-]. The van der Waals surface area contributed by atoms with Crippen LogP contribution >= 0.6 is 0 Å². The summed E-state index contributed by atoms with van der Waals surface area (Å²) in [4.78, 5) is 2.55. The van der Waals surface area contributed by atoms with Gasteiger partial charge in [0.1, 0.15) is 6.10 Å². The number of hydrogen-bond donors (Lipinski definition) is 3. The molecule has 1 aromatic carbocycles. The number of benzene rings is 1. The van der Waals surface area contributed by atoms with Gasteiger partial charge in [-0.15, -0.1) is 0 Å². The Morgan fingerprint density at radius 3 is 2.76 bits per heavy atom. The molecule has 6 heteroatoms. The smallest absolute Gasteiger partial charge is 0.105 e. The molecule has 0 saturated carbocycles. The molecule has 1 aromatic rings. The van der Waals surface area contributed by atoms with Gasteiger partial charge in [0.2, 0.25) is 0 Å². The Morgan fingerprint density at radius 2 is 2.12 bits per heavy atom. The van der Waals surface area contributed by atoms with E-state index in [0.29, 0.717) is 12.1 Å². The van der Waals surface area contributed by atoms with Crippen molar-refractivity contribution in [1.29, 1.82) is 0 Å². The summed E-state index contributed by atoms with van der Waals surface area (Å²) < 4.78 is 0. The summed E-state index contributed by atoms with van der Waals surface area (Å²) >= 11 is 0. The molecular formula is C11H16N4O2. The van der Waals surface area contributed by atoms with Crippen molar-refractivity contribution in [3.8, 4) is 0 Å². The van der Waals surface area contributed by atoms with Gasteiger partial charge in [0.25, 0.3) is 0 Å². The second kappa shape index (κ2) is 6.88. The molecule has 0 amide bonds. The zero-order chi connectivity index (χ0) is 12.7. The van der Waals surface area contributed by atoms with Crippen LogP contribution in [-0.4, -0.2) is 29.9 Å². The average Bonchev–Trinajstić information content (AvgIpc) is 2.36. The third-order valence-corrected chi connectivity index (χ3v) is 2.44. The molecule has 0 aliphatic heterocycles. The van der Waals surface area contributed by atoms with E-state index in [1.807, 2.05) is 12.1 Å². The summed E-state index contributed by atoms with van der Waals surface area (Å²) in [6.07, 6.45) is -2.14. The van der Waals surface area contributed by atoms with E-state index in [1.165, 1.54) is 0 Å². The van der Waals surface area contributed by atoms with Gasteiger partial charge in [0.15, 0.2) is 0 Å². The second-order valence-corrected chi connectivity index (χ2v) is 3.65. The maximum atomic E-state index is 9.96. The van der Waals surface area contributed by atoms with Crippen LogP contribution in [0, 0.1) is 0 Å². The number of nitrogens with one attached hydrogen (secondary N) is 1. The molecule has 92 valence electrons. The fraction of sp³-hybridized carbons (Fsp3) is 0.455. The minimum Gasteiger partial charge on any atom is -0.390 e. The lowest BCUT2D eigenvalue weighted by Gasteiger charge is -2.19. The van der Waals surface area contributed by atoms with Crippen LogP contribution in [0.1, 0.15) is 17.2 Å². The first kappa shape index (κ1) is 13.5. The third kappa shape index (κ3) is 3.72. The molecule has 17 heavy (non-hydrogen) atoms. The molecule has 0 aromatic heterocycles. The first-order chi connectivity index (χ1) is 8.20. The summed E-state index contributed by atoms with van der Waals surface area (Å²) in [7, 11) is 1.81. The highest BCUT2D eigenvalue weighted by Crippen LogP contribution is 2.21. The Morgan fingerprint density at radius 1 is 1.41 bits per heavy atom. The summed E-state index contributed by atoms with van der Waals surface area (Å²) in [5.41, 5.74) is 9.71. The molecule has 0 spiro atoms. The van der Waals surface area contributed by atoms with E-state index in [1.54, 1.807) is 19.2 Å². The fourth-order valence-electron chi connectivity index (χ4n) is 1.60. The van der Waals surface area contributed by atoms with Crippen molar-refractivity contribution in [3.63, 3.8) is 0 Å². The molecule has 0 radical (unpaired) electrons. The van der Waals surface area contributed by atoms with Crippen LogP contribution in [0.3, 0.4) is 0 Å². The Balaban J connectivity index is 2.86. The van der Waals surface area contributed by atoms with Crippen molar-refractivity contribution in [3.05, 3.63) is 45.8 Å². The standard InChI is InChI=1S/C11H16N4O2/c1-13-6-8-4-2-3-5-9(8)11(17)10(16)7-14-15-12/h2-5,10-11,13,16-17H,6-7H2,1H3. The van der Waals surface area contributed by atoms with Crippen LogP contribution in [0.4, 0.5) is 0 Å². The van der Waals surface area contributed by atoms with Gasteiger partial charge >= 0.3 is 0 Å². The zero-order valence-corrected chi connectivity index (χ0v) is 9.61. The summed E-state index contributed by atoms with van der Waals surface area (Å²) in [5.74, 6) is 0. The Kier molecular flexibility index (Phi) is 5.45. The van der Waals surface area contributed by atoms with Gasteiger partial charge in [0.05, 0.1) is 12.6 Å². The van der Waals surface area contributed by atoms with Crippen LogP contribution in [0.15, 0.2) is 29.4 Å². The second-order valence-electron chi connectivity index (χ2n) is 3.65. The van der Waals surface area contributed by atoms with Gasteiger partial charge < -0.3 is 15.5 Å². The van der Waals surface area contributed by atoms with Crippen LogP contribution in [-0.2, 0) is 6.54 Å². The predicted molar refractivity (Wildman–Crippen MR) is 64.2 cm³/mol. The Labute approximate surface area is 99.5 Å². The molecule has 0 aliphatic rings. The van der Waals surface area contributed by atoms with Gasteiger partial charge in [0, 0.05) is 11.5 Å². The molecule has 0 heterocycles. The van der Waals surface area contributed by atoms with E-state index in [-0.39, 0.29) is 6.54 Å². The third-order valence-electron chi connectivity index (χ3n) is 2.44. The molecule has 0 bridgehead atoms. The van der Waals surface area contributed by atoms with Gasteiger partial charge in [-0.2, -0.15) is 0 Å². The minimum absolute atomic E-state index is 0.147. The summed E-state index contributed by atoms with van der Waals surface area (Å²) in [6.45, 7) is 0.451. The molecular weight excluding hydrogens is 220 g/mol. The number of azide groups is 1. The maximum Gasteiger partial charge on any atom is 0.105 e. The van der Waals surface area contributed by atoms with E-state index < -0.39 is 12.2 Å². The molecule has 0 aliphatic carbocycles. The van der Waals surface area contributed by atoms with Crippen molar-refractivity contribution in [1.82, 2.24) is 5.32 Å². The summed E-state index contributed by atoms with van der Waals surface area (Å²) in [6, 6.07) is 7.27. The van der Waals surface area contributed by atoms with Crippen LogP contribution in [0.2, 0.25) is 0 Å². The van der Waals surface area contributed by atoms with Crippen LogP contribution in [0.25, 0.3) is 10.4 Å². The van der Waals surface area contributed by atoms with Crippen LogP contribution < -0.4 is 5.32 Å². The lowest BCUT2D eigenvalue weighted by molar-refractivity contribution is 0.0238. The maximum absolute atomic E-state index is 9.96. The van der Waals surface area contributed by atoms with Gasteiger partial charge in [-0.3, -0.25) is 0 Å². The number of hydrogen-bond acceptors (Lipinski definition) is 4. The number of aliphatic hydroxyl groups excluding tert-OH is 2. The highest BCUT2D eigenvalue weighted by Gasteiger charge is 2.19. The molecule has 0 saturated heterocycles. The lowest BCUT2D eigenvalue weighted by Crippen LogP contribution is -2.23. The van der Waals surface area contributed by atoms with E-state index in [9.17, 15) is 10.2 Å². The van der Waals surface area contributed by atoms with Crippen molar-refractivity contribution in [2.75, 3.05) is 13.6 Å². The highest BCUT2D eigenvalue weighted by molar-refractivity contribution is 5.29. The number of rotatable bonds is 6. The van der Waals surface area contributed by atoms with Gasteiger partial charge in [-0.1, -0.05) is 29.4 Å². The zero-order valence-electron chi connectivity index (χ0n) is 9.61. The van der Waals surface area contributed by atoms with Gasteiger partial charge in [-0.05, 0) is 23.7 Å². The van der Waals surface area contributed by atoms with E-state index in [0.717, 1.165) is 5.56 Å². The van der Waals surface area contributed by atoms with Gasteiger partial charge in [-0.25, -0.2) is 0 Å². The van der Waals surface area contributed by atoms with Crippen molar-refractivity contribution in [2.45, 2.75) is 18.8 Å². The minimum atomic E-state index is -1.09. The average molecular weight is 236 g/mol. The molecule has 2 atom stereocenters. The van der Waals surface area contributed by atoms with E-state index in [2.05, 4.69) is 15.3 Å². The highest BCUT2D eigenvalue weighted by atomic mass is 16.3. The number of aliphatic hydroxyl groups is 2. The molecule has 1 rings (SSSR count). The van der Waals surface area contributed by atoms with E-state index in [4.69, 9.17) is 5.53 Å². The number of nitrogens with zero attached hydrogens (tertiary/aromatic N) is 3. The van der Waals surface area contributed by atoms with Crippen molar-refractivity contribution in [2.24, 2.45) is 5.11 Å². The quantitative estimate of drug-likeness (QED) is 0.391. The Hall–Kier alpha value is -1.59. The normalized spacial score (nSPS) is 13.8. The first-order valence-corrected chi connectivity index (χ1v) is 5.30. The molecule has 0 fully saturated rings. The predicted octanol–water partition coefficient (Wildman–Crippen LogP) is 1.11. The molecule has 2 unspecified atom stereocenters. The van der Waals surface area contributed by atoms with Crippen molar-refractivity contribution >= 4 is 0 Å². The fourth-order valence-corrected chi connectivity index (χ4v) is 1.60. The van der Waals surface area contributed by atoms with Crippen LogP contribution in [0.5, 0.6) is 0 Å². The monoisotopic (exact) mass is 236 g/mol. The largest absolute Gasteiger partial charge is 0.390 e. The molecule has 3 N–H and O–H groups in total. The first-order valence-electron chi connectivity index (χ1n) is 5.30.